The molecule has 0 bridgehead atoms. The summed E-state index contributed by atoms with van der Waals surface area (Å²) >= 11 is 1.37. The first-order chi connectivity index (χ1) is 9.47. The highest BCUT2D eigenvalue weighted by Crippen LogP contribution is 2.35. The number of aromatic nitrogens is 1. The highest BCUT2D eigenvalue weighted by Gasteiger charge is 2.42. The van der Waals surface area contributed by atoms with Crippen LogP contribution in [0.25, 0.3) is 11.3 Å². The van der Waals surface area contributed by atoms with Crippen molar-refractivity contribution in [3.05, 3.63) is 35.5 Å². The molecule has 104 valence electrons. The molecule has 4 nitrogen and oxygen atoms in total. The van der Waals surface area contributed by atoms with Crippen molar-refractivity contribution in [1.29, 1.82) is 0 Å². The number of hydrogen-bond donors (Lipinski definition) is 0. The van der Waals surface area contributed by atoms with E-state index in [1.54, 1.807) is 17.0 Å². The van der Waals surface area contributed by atoms with Crippen molar-refractivity contribution in [3.63, 3.8) is 0 Å². The number of hydrogen-bond acceptors (Lipinski definition) is 4. The van der Waals surface area contributed by atoms with Crippen molar-refractivity contribution in [2.75, 3.05) is 11.5 Å². The molecule has 1 aromatic carbocycles. The summed E-state index contributed by atoms with van der Waals surface area (Å²) in [5.74, 6) is -0.284. The maximum atomic E-state index is 12.9. The number of nitrogens with zero attached hydrogens (tertiary/aromatic N) is 2. The topological polar surface area (TPSA) is 42.4 Å². The molecule has 0 saturated carbocycles. The van der Waals surface area contributed by atoms with E-state index in [1.807, 2.05) is 19.2 Å². The number of amides is 1. The predicted octanol–water partition coefficient (Wildman–Crippen LogP) is 3.68. The Kier molecular flexibility index (Phi) is 2.97. The maximum absolute atomic E-state index is 12.9. The molecule has 1 saturated heterocycles. The largest absolute Gasteiger partial charge is 0.447 e. The Morgan fingerprint density at radius 1 is 1.35 bits per heavy atom. The summed E-state index contributed by atoms with van der Waals surface area (Å²) in [6, 6.07) is 6.12. The number of cyclic esters (lactones) is 1. The van der Waals surface area contributed by atoms with Gasteiger partial charge in [0.2, 0.25) is 0 Å². The van der Waals surface area contributed by atoms with Gasteiger partial charge < -0.3 is 4.74 Å². The Labute approximate surface area is 119 Å². The van der Waals surface area contributed by atoms with Crippen LogP contribution in [-0.2, 0) is 4.74 Å². The zero-order valence-corrected chi connectivity index (χ0v) is 11.9. The Bertz CT molecular complexity index is 651. The van der Waals surface area contributed by atoms with Crippen molar-refractivity contribution < 1.29 is 13.9 Å². The van der Waals surface area contributed by atoms with E-state index < -0.39 is 5.54 Å². The first kappa shape index (κ1) is 13.1. The van der Waals surface area contributed by atoms with E-state index >= 15 is 0 Å². The van der Waals surface area contributed by atoms with Crippen LogP contribution in [0, 0.1) is 5.82 Å². The van der Waals surface area contributed by atoms with Crippen LogP contribution in [0.15, 0.2) is 29.6 Å². The summed E-state index contributed by atoms with van der Waals surface area (Å²) in [6.07, 6.45) is -0.380. The fraction of sp³-hybridized carbons (Fsp3) is 0.286. The minimum absolute atomic E-state index is 0.284. The molecule has 2 heterocycles. The van der Waals surface area contributed by atoms with Gasteiger partial charge in [0.25, 0.3) is 0 Å². The first-order valence-electron chi connectivity index (χ1n) is 6.16. The summed E-state index contributed by atoms with van der Waals surface area (Å²) in [4.78, 5) is 17.8. The molecule has 0 N–H and O–H groups in total. The molecule has 2 aromatic rings. The zero-order valence-electron chi connectivity index (χ0n) is 11.1. The molecule has 1 amide bonds. The molecule has 0 atom stereocenters. The third-order valence-corrected chi connectivity index (χ3v) is 3.99. The summed E-state index contributed by atoms with van der Waals surface area (Å²) in [6.45, 7) is 4.20. The Hall–Kier alpha value is -1.95. The number of thiazole rings is 1. The average molecular weight is 292 g/mol. The van der Waals surface area contributed by atoms with Crippen LogP contribution in [0.2, 0.25) is 0 Å². The third-order valence-electron chi connectivity index (χ3n) is 3.16. The van der Waals surface area contributed by atoms with Gasteiger partial charge in [-0.25, -0.2) is 19.1 Å². The number of rotatable bonds is 2. The van der Waals surface area contributed by atoms with Gasteiger partial charge in [0.05, 0.1) is 11.2 Å². The van der Waals surface area contributed by atoms with Gasteiger partial charge in [-0.1, -0.05) is 0 Å². The Morgan fingerprint density at radius 2 is 2.05 bits per heavy atom. The standard InChI is InChI=1S/C14H13FN2O2S/c1-14(2)8-19-13(18)17(14)12-16-11(7-20-12)9-3-5-10(15)6-4-9/h3-7H,8H2,1-2H3. The number of anilines is 1. The van der Waals surface area contributed by atoms with E-state index in [0.717, 1.165) is 11.3 Å². The normalized spacial score (nSPS) is 17.4. The summed E-state index contributed by atoms with van der Waals surface area (Å²) in [5.41, 5.74) is 1.13. The molecule has 1 aliphatic heterocycles. The van der Waals surface area contributed by atoms with Gasteiger partial charge in [-0.3, -0.25) is 0 Å². The SMILES string of the molecule is CC1(C)COC(=O)N1c1nc(-c2ccc(F)cc2)cs1. The molecular formula is C14H13FN2O2S. The number of benzene rings is 1. The van der Waals surface area contributed by atoms with Crippen molar-refractivity contribution in [2.24, 2.45) is 0 Å². The van der Waals surface area contributed by atoms with E-state index in [2.05, 4.69) is 4.98 Å². The molecule has 1 fully saturated rings. The van der Waals surface area contributed by atoms with Gasteiger partial charge in [-0.05, 0) is 38.1 Å². The lowest BCUT2D eigenvalue weighted by molar-refractivity contribution is 0.175. The van der Waals surface area contributed by atoms with Crippen LogP contribution in [0.3, 0.4) is 0 Å². The van der Waals surface area contributed by atoms with Crippen LogP contribution < -0.4 is 4.90 Å². The van der Waals surface area contributed by atoms with Gasteiger partial charge in [0.1, 0.15) is 12.4 Å². The van der Waals surface area contributed by atoms with Gasteiger partial charge in [0.15, 0.2) is 5.13 Å². The van der Waals surface area contributed by atoms with E-state index in [-0.39, 0.29) is 11.9 Å². The van der Waals surface area contributed by atoms with Gasteiger partial charge in [-0.15, -0.1) is 11.3 Å². The van der Waals surface area contributed by atoms with Crippen molar-refractivity contribution in [2.45, 2.75) is 19.4 Å². The predicted molar refractivity (Wildman–Crippen MR) is 75.4 cm³/mol. The van der Waals surface area contributed by atoms with E-state index in [4.69, 9.17) is 4.74 Å². The van der Waals surface area contributed by atoms with E-state index in [0.29, 0.717) is 11.7 Å². The number of carbonyl (C=O) groups excluding carboxylic acids is 1. The molecule has 3 rings (SSSR count). The molecule has 20 heavy (non-hydrogen) atoms. The third kappa shape index (κ3) is 2.16. The summed E-state index contributed by atoms with van der Waals surface area (Å²) in [7, 11) is 0. The lowest BCUT2D eigenvalue weighted by Crippen LogP contribution is -2.42. The summed E-state index contributed by atoms with van der Waals surface area (Å²) in [5, 5.41) is 2.45. The molecule has 1 aromatic heterocycles. The highest BCUT2D eigenvalue weighted by atomic mass is 32.1. The monoisotopic (exact) mass is 292 g/mol. The zero-order chi connectivity index (χ0) is 14.3. The van der Waals surface area contributed by atoms with Gasteiger partial charge in [-0.2, -0.15) is 0 Å². The van der Waals surface area contributed by atoms with Crippen LogP contribution >= 0.6 is 11.3 Å². The van der Waals surface area contributed by atoms with E-state index in [9.17, 15) is 9.18 Å². The Morgan fingerprint density at radius 3 is 2.65 bits per heavy atom. The fourth-order valence-corrected chi connectivity index (χ4v) is 3.06. The van der Waals surface area contributed by atoms with Gasteiger partial charge in [0, 0.05) is 10.9 Å². The molecular weight excluding hydrogens is 279 g/mol. The lowest BCUT2D eigenvalue weighted by atomic mass is 10.1. The van der Waals surface area contributed by atoms with Crippen LogP contribution in [0.4, 0.5) is 14.3 Å². The highest BCUT2D eigenvalue weighted by molar-refractivity contribution is 7.14. The average Bonchev–Trinajstić information content (AvgIpc) is 2.95. The fourth-order valence-electron chi connectivity index (χ4n) is 2.07. The second-order valence-electron chi connectivity index (χ2n) is 5.22. The smallest absolute Gasteiger partial charge is 0.416 e. The molecule has 0 spiro atoms. The molecule has 6 heteroatoms. The second kappa shape index (κ2) is 4.56. The quantitative estimate of drug-likeness (QED) is 0.848. The van der Waals surface area contributed by atoms with Crippen molar-refractivity contribution in [3.8, 4) is 11.3 Å². The minimum atomic E-state index is -0.408. The molecule has 0 radical (unpaired) electrons. The maximum Gasteiger partial charge on any atom is 0.416 e. The number of carbonyl (C=O) groups is 1. The van der Waals surface area contributed by atoms with Crippen LogP contribution in [0.5, 0.6) is 0 Å². The first-order valence-corrected chi connectivity index (χ1v) is 7.04. The molecule has 0 aliphatic carbocycles. The minimum Gasteiger partial charge on any atom is -0.447 e. The number of ether oxygens (including phenoxy) is 1. The number of halogens is 1. The van der Waals surface area contributed by atoms with Crippen LogP contribution in [0.1, 0.15) is 13.8 Å². The molecule has 1 aliphatic rings. The van der Waals surface area contributed by atoms with E-state index in [1.165, 1.54) is 23.5 Å². The second-order valence-corrected chi connectivity index (χ2v) is 6.06. The van der Waals surface area contributed by atoms with Crippen molar-refractivity contribution in [1.82, 2.24) is 4.98 Å². The summed E-state index contributed by atoms with van der Waals surface area (Å²) < 4.78 is 18.0. The molecule has 0 unspecified atom stereocenters. The van der Waals surface area contributed by atoms with Crippen molar-refractivity contribution >= 4 is 22.6 Å². The van der Waals surface area contributed by atoms with Crippen LogP contribution in [-0.4, -0.2) is 23.2 Å². The van der Waals surface area contributed by atoms with Gasteiger partial charge >= 0.3 is 6.09 Å². The Balaban J connectivity index is 1.94. The lowest BCUT2D eigenvalue weighted by Gasteiger charge is -2.24.